The number of carbonyl (C=O) groups excluding carboxylic acids is 1. The molecule has 0 heterocycles. The van der Waals surface area contributed by atoms with Crippen molar-refractivity contribution in [3.05, 3.63) is 34.9 Å². The molecular weight excluding hydrogens is 260 g/mol. The summed E-state index contributed by atoms with van der Waals surface area (Å²) in [5, 5.41) is 0.698. The van der Waals surface area contributed by atoms with E-state index in [4.69, 9.17) is 17.3 Å². The first kappa shape index (κ1) is 16.0. The van der Waals surface area contributed by atoms with Gasteiger partial charge in [-0.2, -0.15) is 0 Å². The van der Waals surface area contributed by atoms with Crippen molar-refractivity contribution in [2.24, 2.45) is 11.7 Å². The number of hydrogen-bond donors (Lipinski definition) is 1. The average molecular weight is 283 g/mol. The van der Waals surface area contributed by atoms with Gasteiger partial charge in [-0.25, -0.2) is 0 Å². The van der Waals surface area contributed by atoms with Crippen molar-refractivity contribution in [2.75, 3.05) is 6.54 Å². The van der Waals surface area contributed by atoms with Gasteiger partial charge in [0, 0.05) is 24.0 Å². The Labute approximate surface area is 120 Å². The van der Waals surface area contributed by atoms with Crippen LogP contribution in [-0.4, -0.2) is 23.4 Å². The number of benzene rings is 1. The highest BCUT2D eigenvalue weighted by Gasteiger charge is 2.19. The highest BCUT2D eigenvalue weighted by molar-refractivity contribution is 6.30. The molecule has 0 radical (unpaired) electrons. The zero-order valence-electron chi connectivity index (χ0n) is 11.9. The molecule has 106 valence electrons. The first-order valence-corrected chi connectivity index (χ1v) is 7.05. The van der Waals surface area contributed by atoms with E-state index in [0.717, 1.165) is 5.56 Å². The highest BCUT2D eigenvalue weighted by atomic mass is 35.5. The van der Waals surface area contributed by atoms with E-state index in [9.17, 15) is 4.79 Å². The van der Waals surface area contributed by atoms with Crippen LogP contribution in [0.5, 0.6) is 0 Å². The third-order valence-corrected chi connectivity index (χ3v) is 3.35. The fourth-order valence-electron chi connectivity index (χ4n) is 1.89. The Morgan fingerprint density at radius 1 is 1.37 bits per heavy atom. The van der Waals surface area contributed by atoms with E-state index in [2.05, 4.69) is 0 Å². The molecule has 0 aromatic heterocycles. The molecule has 1 amide bonds. The Balaban J connectivity index is 2.75. The Morgan fingerprint density at radius 2 is 2.05 bits per heavy atom. The molecule has 3 nitrogen and oxygen atoms in total. The molecule has 0 unspecified atom stereocenters. The van der Waals surface area contributed by atoms with E-state index in [1.54, 1.807) is 0 Å². The molecule has 0 spiro atoms. The van der Waals surface area contributed by atoms with E-state index >= 15 is 0 Å². The molecule has 19 heavy (non-hydrogen) atoms. The number of hydrogen-bond acceptors (Lipinski definition) is 2. The zero-order valence-corrected chi connectivity index (χ0v) is 12.7. The molecule has 1 atom stereocenters. The van der Waals surface area contributed by atoms with Gasteiger partial charge in [0.15, 0.2) is 0 Å². The van der Waals surface area contributed by atoms with Crippen molar-refractivity contribution in [3.8, 4) is 0 Å². The topological polar surface area (TPSA) is 46.3 Å². The van der Waals surface area contributed by atoms with Crippen LogP contribution in [-0.2, 0) is 11.3 Å². The SMILES string of the molecule is CC(C)N(Cc1cccc(Cl)c1)C(=O)C[C@H](C)CN. The Morgan fingerprint density at radius 3 is 2.58 bits per heavy atom. The molecule has 0 bridgehead atoms. The summed E-state index contributed by atoms with van der Waals surface area (Å²) in [5.41, 5.74) is 6.63. The van der Waals surface area contributed by atoms with Crippen LogP contribution in [0, 0.1) is 5.92 Å². The molecule has 0 aliphatic carbocycles. The van der Waals surface area contributed by atoms with Gasteiger partial charge >= 0.3 is 0 Å². The Bertz CT molecular complexity index is 420. The number of nitrogens with zero attached hydrogens (tertiary/aromatic N) is 1. The van der Waals surface area contributed by atoms with Crippen LogP contribution in [0.1, 0.15) is 32.8 Å². The molecule has 0 saturated carbocycles. The van der Waals surface area contributed by atoms with Crippen LogP contribution in [0.15, 0.2) is 24.3 Å². The summed E-state index contributed by atoms with van der Waals surface area (Å²) in [4.78, 5) is 14.2. The van der Waals surface area contributed by atoms with Crippen LogP contribution in [0.3, 0.4) is 0 Å². The lowest BCUT2D eigenvalue weighted by molar-refractivity contribution is -0.134. The van der Waals surface area contributed by atoms with Crippen molar-refractivity contribution in [3.63, 3.8) is 0 Å². The first-order valence-electron chi connectivity index (χ1n) is 6.68. The van der Waals surface area contributed by atoms with E-state index in [1.165, 1.54) is 0 Å². The van der Waals surface area contributed by atoms with Gasteiger partial charge in [-0.15, -0.1) is 0 Å². The normalized spacial score (nSPS) is 12.5. The van der Waals surface area contributed by atoms with E-state index < -0.39 is 0 Å². The Kier molecular flexibility index (Phi) is 6.32. The fraction of sp³-hybridized carbons (Fsp3) is 0.533. The van der Waals surface area contributed by atoms with Gasteiger partial charge in [0.2, 0.25) is 5.91 Å². The fourth-order valence-corrected chi connectivity index (χ4v) is 2.10. The summed E-state index contributed by atoms with van der Waals surface area (Å²) < 4.78 is 0. The third-order valence-electron chi connectivity index (χ3n) is 3.11. The number of rotatable bonds is 6. The lowest BCUT2D eigenvalue weighted by atomic mass is 10.1. The van der Waals surface area contributed by atoms with Crippen molar-refractivity contribution in [2.45, 2.75) is 39.8 Å². The molecule has 4 heteroatoms. The molecular formula is C15H23ClN2O. The molecule has 1 aromatic rings. The maximum Gasteiger partial charge on any atom is 0.223 e. The maximum absolute atomic E-state index is 12.3. The monoisotopic (exact) mass is 282 g/mol. The number of carbonyl (C=O) groups is 1. The molecule has 1 rings (SSSR count). The minimum atomic E-state index is 0.146. The number of amides is 1. The van der Waals surface area contributed by atoms with Gasteiger partial charge in [-0.05, 0) is 44.0 Å². The van der Waals surface area contributed by atoms with Crippen LogP contribution in [0.2, 0.25) is 5.02 Å². The molecule has 0 saturated heterocycles. The van der Waals surface area contributed by atoms with Crippen LogP contribution < -0.4 is 5.73 Å². The summed E-state index contributed by atoms with van der Waals surface area (Å²) in [7, 11) is 0. The minimum absolute atomic E-state index is 0.146. The minimum Gasteiger partial charge on any atom is -0.336 e. The van der Waals surface area contributed by atoms with E-state index in [-0.39, 0.29) is 17.9 Å². The summed E-state index contributed by atoms with van der Waals surface area (Å²) >= 11 is 5.97. The van der Waals surface area contributed by atoms with Crippen LogP contribution in [0.4, 0.5) is 0 Å². The lowest BCUT2D eigenvalue weighted by Gasteiger charge is -2.28. The van der Waals surface area contributed by atoms with Gasteiger partial charge < -0.3 is 10.6 Å². The maximum atomic E-state index is 12.3. The summed E-state index contributed by atoms with van der Waals surface area (Å²) in [6.45, 7) is 7.17. The Hall–Kier alpha value is -1.06. The molecule has 1 aromatic carbocycles. The predicted molar refractivity (Wildman–Crippen MR) is 80.0 cm³/mol. The lowest BCUT2D eigenvalue weighted by Crippen LogP contribution is -2.37. The standard InChI is InChI=1S/C15H23ClN2O/c1-11(2)18(15(19)7-12(3)9-17)10-13-5-4-6-14(16)8-13/h4-6,8,11-12H,7,9-10,17H2,1-3H3/t12-/m0/s1. The summed E-state index contributed by atoms with van der Waals surface area (Å²) in [5.74, 6) is 0.362. The van der Waals surface area contributed by atoms with Gasteiger partial charge in [0.1, 0.15) is 0 Å². The second-order valence-corrected chi connectivity index (χ2v) is 5.73. The van der Waals surface area contributed by atoms with Gasteiger partial charge in [-0.1, -0.05) is 30.7 Å². The zero-order chi connectivity index (χ0) is 14.4. The predicted octanol–water partition coefficient (Wildman–Crippen LogP) is 3.06. The van der Waals surface area contributed by atoms with Crippen LogP contribution in [0.25, 0.3) is 0 Å². The quantitative estimate of drug-likeness (QED) is 0.872. The molecule has 0 aliphatic heterocycles. The summed E-state index contributed by atoms with van der Waals surface area (Å²) in [6, 6.07) is 7.79. The van der Waals surface area contributed by atoms with Crippen molar-refractivity contribution in [1.29, 1.82) is 0 Å². The average Bonchev–Trinajstić information content (AvgIpc) is 2.35. The second-order valence-electron chi connectivity index (χ2n) is 5.29. The summed E-state index contributed by atoms with van der Waals surface area (Å²) in [6.07, 6.45) is 0.495. The highest BCUT2D eigenvalue weighted by Crippen LogP contribution is 2.16. The molecule has 0 fully saturated rings. The molecule has 0 aliphatic rings. The van der Waals surface area contributed by atoms with Gasteiger partial charge in [0.05, 0.1) is 0 Å². The van der Waals surface area contributed by atoms with Crippen molar-refractivity contribution >= 4 is 17.5 Å². The van der Waals surface area contributed by atoms with Crippen LogP contribution >= 0.6 is 11.6 Å². The number of nitrogens with two attached hydrogens (primary N) is 1. The van der Waals surface area contributed by atoms with Crippen molar-refractivity contribution in [1.82, 2.24) is 4.90 Å². The van der Waals surface area contributed by atoms with E-state index in [1.807, 2.05) is 49.9 Å². The second kappa shape index (κ2) is 7.51. The third kappa shape index (κ3) is 5.21. The van der Waals surface area contributed by atoms with Crippen molar-refractivity contribution < 1.29 is 4.79 Å². The largest absolute Gasteiger partial charge is 0.336 e. The smallest absolute Gasteiger partial charge is 0.223 e. The molecule has 2 N–H and O–H groups in total. The first-order chi connectivity index (χ1) is 8.93. The number of halogens is 1. The van der Waals surface area contributed by atoms with E-state index in [0.29, 0.717) is 24.5 Å². The van der Waals surface area contributed by atoms with Gasteiger partial charge in [0.25, 0.3) is 0 Å². The van der Waals surface area contributed by atoms with Gasteiger partial charge in [-0.3, -0.25) is 4.79 Å².